The quantitative estimate of drug-likeness (QED) is 0.0898. The molecule has 0 radical (unpaired) electrons. The van der Waals surface area contributed by atoms with Crippen LogP contribution in [0.2, 0.25) is 0 Å². The Morgan fingerprint density at radius 1 is 0.123 bits per heavy atom. The maximum absolute atomic E-state index is 6.27. The maximum Gasteiger partial charge on any atom is 0.165 e. The van der Waals surface area contributed by atoms with Crippen LogP contribution in [0.3, 0.4) is 0 Å². The van der Waals surface area contributed by atoms with Crippen molar-refractivity contribution in [1.82, 2.24) is 79.7 Å². The van der Waals surface area contributed by atoms with Crippen molar-refractivity contribution in [3.63, 3.8) is 0 Å². The molecule has 0 saturated heterocycles. The Hall–Kier alpha value is -11.2. The van der Waals surface area contributed by atoms with Gasteiger partial charge in [-0.1, -0.05) is 0 Å². The van der Waals surface area contributed by atoms with Gasteiger partial charge >= 0.3 is 0 Å². The Balaban J connectivity index is 0.953. The monoisotopic (exact) mass is 2140 g/mol. The van der Waals surface area contributed by atoms with E-state index in [1.165, 1.54) is 123 Å². The molecule has 23 rings (SSSR count). The third-order valence-electron chi connectivity index (χ3n) is 31.7. The number of benzene rings is 1. The summed E-state index contributed by atoms with van der Waals surface area (Å²) in [5, 5.41) is 0. The summed E-state index contributed by atoms with van der Waals surface area (Å²) in [5.74, 6) is 3.91. The van der Waals surface area contributed by atoms with E-state index in [0.717, 1.165) is 195 Å². The predicted octanol–water partition coefficient (Wildman–Crippen LogP) is 36.0. The highest BCUT2D eigenvalue weighted by molar-refractivity contribution is 7.16. The molecule has 0 aliphatic carbocycles. The van der Waals surface area contributed by atoms with Crippen LogP contribution in [-0.2, 0) is 0 Å². The Kier molecular flexibility index (Phi) is 23.7. The predicted molar refractivity (Wildman–Crippen MR) is 631 cm³/mol. The molecule has 4 aliphatic heterocycles. The van der Waals surface area contributed by atoms with Crippen LogP contribution in [0.4, 0.5) is 0 Å². The van der Waals surface area contributed by atoms with Crippen LogP contribution >= 0.6 is 136 Å². The summed E-state index contributed by atoms with van der Waals surface area (Å²) in [6, 6.07) is 4.49. The van der Waals surface area contributed by atoms with Crippen LogP contribution in [0.1, 0.15) is 229 Å². The average molecular weight is 2140 g/mol. The first-order valence-corrected chi connectivity index (χ1v) is 59.2. The molecule has 0 saturated carbocycles. The summed E-state index contributed by atoms with van der Waals surface area (Å²) in [5.41, 5.74) is 46.1. The first kappa shape index (κ1) is 98.1. The van der Waals surface area contributed by atoms with E-state index in [4.69, 9.17) is 59.8 Å². The number of hydrogen-bond donors (Lipinski definition) is 4. The van der Waals surface area contributed by atoms with E-state index in [1.807, 2.05) is 136 Å². The van der Waals surface area contributed by atoms with Gasteiger partial charge in [0.1, 0.15) is 45.2 Å². The summed E-state index contributed by atoms with van der Waals surface area (Å²) < 4.78 is 0. The van der Waals surface area contributed by atoms with E-state index in [-0.39, 0.29) is 0 Å². The number of aromatic amines is 4. The SMILES string of the molecule is Cc1sc(C)c(C2=C(c3c(C)sc(C)c3C)c3nc2nc2[nH]c(nc4nc(nc5[nH]c(n3)c(-c3c(C)sc(C)c3C)c5-c3c(C)sc(C)c3C)-c3cc5c(cc3-4)-c3nc-5nc4[nH]c(nc5nc(nc6[nH]c(n3)c(-c3c(C)sc(C)c3C)c6-c3c(C)sc(C)c3C)C(c3c(C)sc(C)c3C)=C5c3c(C)sc(C)c3C)c(-c3c(C)sc(C)c3C)c4-c3c(C)sc(C)c3C)c(-c3c(C)sc(C)c3C)c2-c2c(C)sc(C)c2C)c1C. The van der Waals surface area contributed by atoms with Crippen molar-refractivity contribution in [2.45, 2.75) is 249 Å². The fraction of sp³-hybridized carbons (Fsp3) is 0.305. The highest BCUT2D eigenvalue weighted by Gasteiger charge is 2.41. The van der Waals surface area contributed by atoms with Gasteiger partial charge in [0.2, 0.25) is 0 Å². The van der Waals surface area contributed by atoms with E-state index in [9.17, 15) is 0 Å². The normalized spacial score (nSPS) is 12.7. The smallest absolute Gasteiger partial charge is 0.165 e. The molecule has 738 valence electrons. The third-order valence-corrected chi connectivity index (χ3v) is 45.2. The van der Waals surface area contributed by atoms with Crippen LogP contribution in [-0.4, -0.2) is 79.7 Å². The minimum Gasteiger partial charge on any atom is -0.324 e. The fourth-order valence-corrected chi connectivity index (χ4v) is 36.4. The number of H-pyrrole nitrogens is 4. The van der Waals surface area contributed by atoms with Gasteiger partial charge in [-0.3, -0.25) is 0 Å². The molecule has 4 N–H and O–H groups in total. The molecule has 146 heavy (non-hydrogen) atoms. The number of rotatable bonds is 12. The first-order chi connectivity index (χ1) is 69.3. The van der Waals surface area contributed by atoms with Crippen molar-refractivity contribution in [2.24, 2.45) is 0 Å². The second kappa shape index (κ2) is 35.2. The van der Waals surface area contributed by atoms with Gasteiger partial charge in [0.15, 0.2) is 46.6 Å². The van der Waals surface area contributed by atoms with Crippen molar-refractivity contribution in [3.05, 3.63) is 241 Å². The number of aromatic nitrogens is 16. The van der Waals surface area contributed by atoms with E-state index in [2.05, 4.69) is 281 Å². The Bertz CT molecular complexity index is 8500. The summed E-state index contributed by atoms with van der Waals surface area (Å²) in [6.07, 6.45) is 0. The highest BCUT2D eigenvalue weighted by atomic mass is 32.1. The van der Waals surface area contributed by atoms with Crippen LogP contribution in [0, 0.1) is 249 Å². The van der Waals surface area contributed by atoms with Crippen LogP contribution < -0.4 is 0 Å². The molecule has 16 nitrogen and oxygen atoms in total. The largest absolute Gasteiger partial charge is 0.324 e. The molecular weight excluding hydrogens is 2030 g/mol. The second-order valence-electron chi connectivity index (χ2n) is 40.2. The Labute approximate surface area is 899 Å². The standard InChI is InChI=1S/C118H114N16S12/c1-39-51(13)135-63(25)79(39)91-95(83-43(5)55(17)139-67(83)29)111-125-107(91)121-103-75-37-77-78(38-76(75)104(119-103)122-108-92(80-40(2)52(14)136-64(80)26)96(84-44(6)56(18)140-68(84)30)112(126-108)130-116-100(88-48(10)60(22)144-72(88)34)99(115(129-111)133-116)87-47(9)59(21)143-71(87)33)106-120-105(77)123-109-93(81-41(3)53(15)137-65(81)27)97(85-45(7)57(19)141-69(85)31)113(127-109)131-117-101(89-49(11)61(23)145-73(89)35)102(90-50(12)62(24)146-74(90)36)118(134-117)132-114-98(86-46(8)58(20)142-70(86)32)94(110(124-106)128-114)82-42(4)54(16)138-66(82)28/h37-38H,1-36H3,(H2,119,121,122,125,126,129,130,133)(H2,120,123,124,127,128,131,132,134). The lowest BCUT2D eigenvalue weighted by Crippen LogP contribution is -1.98. The number of thiophene rings is 12. The minimum absolute atomic E-state index is 0.425. The fourth-order valence-electron chi connectivity index (χ4n) is 23.6. The number of aryl methyl sites for hydroxylation is 24. The van der Waals surface area contributed by atoms with Crippen molar-refractivity contribution in [1.29, 1.82) is 0 Å². The summed E-state index contributed by atoms with van der Waals surface area (Å²) in [7, 11) is 0. The van der Waals surface area contributed by atoms with Gasteiger partial charge in [0.25, 0.3) is 0 Å². The molecule has 16 bridgehead atoms. The zero-order valence-corrected chi connectivity index (χ0v) is 99.2. The maximum atomic E-state index is 6.27. The van der Waals surface area contributed by atoms with Crippen molar-refractivity contribution in [2.75, 3.05) is 0 Å². The molecule has 28 heteroatoms. The molecule has 1 aromatic carbocycles. The molecule has 0 fully saturated rings. The van der Waals surface area contributed by atoms with Gasteiger partial charge < -0.3 is 19.9 Å². The molecule has 0 atom stereocenters. The molecular formula is C118H114N16S12. The summed E-state index contributed by atoms with van der Waals surface area (Å²) in [4.78, 5) is 120. The number of hydrogen-bond acceptors (Lipinski definition) is 24. The van der Waals surface area contributed by atoms with Crippen molar-refractivity contribution >= 4 is 204 Å². The van der Waals surface area contributed by atoms with Gasteiger partial charge in [0.05, 0.1) is 0 Å². The van der Waals surface area contributed by atoms with Gasteiger partial charge in [-0.15, -0.1) is 136 Å². The van der Waals surface area contributed by atoms with E-state index < -0.39 is 0 Å². The molecule has 22 heterocycles. The van der Waals surface area contributed by atoms with Crippen LogP contribution in [0.15, 0.2) is 12.1 Å². The lowest BCUT2D eigenvalue weighted by Gasteiger charge is -2.12. The second-order valence-corrected chi connectivity index (χ2v) is 57.4. The van der Waals surface area contributed by atoms with Gasteiger partial charge in [-0.2, -0.15) is 0 Å². The summed E-state index contributed by atoms with van der Waals surface area (Å²) >= 11 is 21.8. The van der Waals surface area contributed by atoms with Crippen LogP contribution in [0.25, 0.3) is 202 Å². The summed E-state index contributed by atoms with van der Waals surface area (Å²) in [6.45, 7) is 81.3. The number of nitrogens with zero attached hydrogens (tertiary/aromatic N) is 12. The topological polar surface area (TPSA) is 218 Å². The van der Waals surface area contributed by atoms with Gasteiger partial charge in [0, 0.05) is 273 Å². The van der Waals surface area contributed by atoms with E-state index in [0.29, 0.717) is 114 Å². The van der Waals surface area contributed by atoms with Crippen LogP contribution in [0.5, 0.6) is 0 Å². The van der Waals surface area contributed by atoms with Gasteiger partial charge in [-0.05, 0) is 328 Å². The van der Waals surface area contributed by atoms with Gasteiger partial charge in [-0.25, -0.2) is 59.8 Å². The molecule has 18 aromatic heterocycles. The van der Waals surface area contributed by atoms with E-state index in [1.54, 1.807) is 0 Å². The molecule has 0 amide bonds. The lowest BCUT2D eigenvalue weighted by atomic mass is 9.91. The van der Waals surface area contributed by atoms with Crippen molar-refractivity contribution < 1.29 is 0 Å². The lowest BCUT2D eigenvalue weighted by molar-refractivity contribution is 1.11. The molecule has 0 spiro atoms. The number of nitrogens with one attached hydrogen (secondary N) is 4. The third kappa shape index (κ3) is 14.6. The first-order valence-electron chi connectivity index (χ1n) is 49.4. The molecule has 19 aromatic rings. The minimum atomic E-state index is 0.425. The molecule has 0 unspecified atom stereocenters. The number of fused-ring (bicyclic) bond motifs is 22. The molecule has 4 aliphatic rings. The highest BCUT2D eigenvalue weighted by Crippen LogP contribution is 2.59. The Morgan fingerprint density at radius 2 is 0.233 bits per heavy atom. The zero-order valence-electron chi connectivity index (χ0n) is 89.4. The zero-order chi connectivity index (χ0) is 103. The van der Waals surface area contributed by atoms with E-state index >= 15 is 0 Å². The van der Waals surface area contributed by atoms with Crippen molar-refractivity contribution in [3.8, 4) is 135 Å². The average Bonchev–Trinajstić information content (AvgIpc) is 1.55. The Morgan fingerprint density at radius 3 is 0.349 bits per heavy atom.